The lowest BCUT2D eigenvalue weighted by Crippen LogP contribution is -2.03. The lowest BCUT2D eigenvalue weighted by Gasteiger charge is -2.02. The first-order valence-corrected chi connectivity index (χ1v) is 8.90. The van der Waals surface area contributed by atoms with Crippen molar-refractivity contribution in [2.45, 2.75) is 6.92 Å². The zero-order valence-electron chi connectivity index (χ0n) is 13.8. The molecule has 0 amide bonds. The summed E-state index contributed by atoms with van der Waals surface area (Å²) in [5.41, 5.74) is 2.34. The molecule has 1 aromatic heterocycles. The third-order valence-corrected chi connectivity index (χ3v) is 4.88. The standard InChI is InChI=1S/C19H16ClNO3S/c1-3-24-19(22)17-16(12-4-8-14(20)9-5-12)21-18(25-17)13-6-10-15(23-2)11-7-13/h4-11H,3H2,1-2H3. The van der Waals surface area contributed by atoms with Crippen LogP contribution in [-0.2, 0) is 4.74 Å². The predicted molar refractivity (Wildman–Crippen MR) is 101 cm³/mol. The molecule has 0 saturated heterocycles. The third-order valence-electron chi connectivity index (χ3n) is 3.54. The van der Waals surface area contributed by atoms with Crippen molar-refractivity contribution in [3.8, 4) is 27.6 Å². The van der Waals surface area contributed by atoms with Gasteiger partial charge in [-0.25, -0.2) is 9.78 Å². The number of rotatable bonds is 5. The van der Waals surface area contributed by atoms with Gasteiger partial charge in [0.15, 0.2) is 0 Å². The summed E-state index contributed by atoms with van der Waals surface area (Å²) < 4.78 is 10.4. The van der Waals surface area contributed by atoms with E-state index in [1.54, 1.807) is 26.2 Å². The van der Waals surface area contributed by atoms with E-state index in [9.17, 15) is 4.79 Å². The molecule has 3 rings (SSSR count). The predicted octanol–water partition coefficient (Wildman–Crippen LogP) is 5.32. The zero-order valence-corrected chi connectivity index (χ0v) is 15.4. The molecule has 0 aliphatic heterocycles. The Labute approximate surface area is 155 Å². The third kappa shape index (κ3) is 3.83. The Morgan fingerprint density at radius 1 is 1.08 bits per heavy atom. The Morgan fingerprint density at radius 3 is 2.32 bits per heavy atom. The van der Waals surface area contributed by atoms with Gasteiger partial charge in [0, 0.05) is 16.1 Å². The van der Waals surface area contributed by atoms with E-state index in [0.29, 0.717) is 22.2 Å². The Bertz CT molecular complexity index is 873. The fraction of sp³-hybridized carbons (Fsp3) is 0.158. The molecule has 0 atom stereocenters. The van der Waals surface area contributed by atoms with Gasteiger partial charge < -0.3 is 9.47 Å². The van der Waals surface area contributed by atoms with Crippen molar-refractivity contribution in [2.75, 3.05) is 13.7 Å². The van der Waals surface area contributed by atoms with Crippen molar-refractivity contribution in [3.63, 3.8) is 0 Å². The molecule has 0 aliphatic carbocycles. The smallest absolute Gasteiger partial charge is 0.350 e. The number of aromatic nitrogens is 1. The summed E-state index contributed by atoms with van der Waals surface area (Å²) >= 11 is 7.27. The molecular formula is C19H16ClNO3S. The molecule has 0 fully saturated rings. The quantitative estimate of drug-likeness (QED) is 0.568. The van der Waals surface area contributed by atoms with E-state index in [1.807, 2.05) is 36.4 Å². The maximum Gasteiger partial charge on any atom is 0.350 e. The molecule has 0 N–H and O–H groups in total. The van der Waals surface area contributed by atoms with Crippen LogP contribution in [0.25, 0.3) is 21.8 Å². The summed E-state index contributed by atoms with van der Waals surface area (Å²) in [6.45, 7) is 2.10. The average molecular weight is 374 g/mol. The van der Waals surface area contributed by atoms with Crippen LogP contribution in [-0.4, -0.2) is 24.7 Å². The fourth-order valence-corrected chi connectivity index (χ4v) is 3.43. The van der Waals surface area contributed by atoms with E-state index in [4.69, 9.17) is 21.1 Å². The number of carbonyl (C=O) groups is 1. The largest absolute Gasteiger partial charge is 0.497 e. The molecule has 1 heterocycles. The number of thiazole rings is 1. The van der Waals surface area contributed by atoms with Crippen LogP contribution in [0, 0.1) is 0 Å². The summed E-state index contributed by atoms with van der Waals surface area (Å²) in [5, 5.41) is 1.38. The minimum atomic E-state index is -0.371. The number of nitrogens with zero attached hydrogens (tertiary/aromatic N) is 1. The van der Waals surface area contributed by atoms with Gasteiger partial charge in [-0.2, -0.15) is 0 Å². The minimum absolute atomic E-state index is 0.314. The van der Waals surface area contributed by atoms with E-state index in [-0.39, 0.29) is 5.97 Å². The van der Waals surface area contributed by atoms with Crippen LogP contribution in [0.3, 0.4) is 0 Å². The second kappa shape index (κ2) is 7.68. The molecule has 0 spiro atoms. The minimum Gasteiger partial charge on any atom is -0.497 e. The molecular weight excluding hydrogens is 358 g/mol. The van der Waals surface area contributed by atoms with Gasteiger partial charge in [0.2, 0.25) is 0 Å². The molecule has 6 heteroatoms. The van der Waals surface area contributed by atoms with Crippen molar-refractivity contribution < 1.29 is 14.3 Å². The first kappa shape index (κ1) is 17.5. The highest BCUT2D eigenvalue weighted by Crippen LogP contribution is 2.35. The van der Waals surface area contributed by atoms with Crippen molar-refractivity contribution in [2.24, 2.45) is 0 Å². The first-order chi connectivity index (χ1) is 12.1. The molecule has 0 bridgehead atoms. The highest BCUT2D eigenvalue weighted by molar-refractivity contribution is 7.17. The van der Waals surface area contributed by atoms with Gasteiger partial charge >= 0.3 is 5.97 Å². The number of ether oxygens (including phenoxy) is 2. The number of hydrogen-bond donors (Lipinski definition) is 0. The molecule has 4 nitrogen and oxygen atoms in total. The van der Waals surface area contributed by atoms with Crippen LogP contribution in [0.15, 0.2) is 48.5 Å². The summed E-state index contributed by atoms with van der Waals surface area (Å²) in [7, 11) is 1.62. The fourth-order valence-electron chi connectivity index (χ4n) is 2.32. The van der Waals surface area contributed by atoms with E-state index >= 15 is 0 Å². The summed E-state index contributed by atoms with van der Waals surface area (Å²) in [6.07, 6.45) is 0. The van der Waals surface area contributed by atoms with Gasteiger partial charge in [-0.15, -0.1) is 11.3 Å². The summed E-state index contributed by atoms with van der Waals surface area (Å²) in [6, 6.07) is 14.8. The Kier molecular flexibility index (Phi) is 5.36. The Balaban J connectivity index is 2.07. The zero-order chi connectivity index (χ0) is 17.8. The highest BCUT2D eigenvalue weighted by Gasteiger charge is 2.21. The van der Waals surface area contributed by atoms with Gasteiger partial charge in [0.1, 0.15) is 15.6 Å². The van der Waals surface area contributed by atoms with Crippen LogP contribution >= 0.6 is 22.9 Å². The first-order valence-electron chi connectivity index (χ1n) is 7.70. The maximum absolute atomic E-state index is 12.4. The molecule has 0 aliphatic rings. The van der Waals surface area contributed by atoms with E-state index in [1.165, 1.54) is 11.3 Å². The molecule has 0 unspecified atom stereocenters. The number of carbonyl (C=O) groups excluding carboxylic acids is 1. The molecule has 25 heavy (non-hydrogen) atoms. The van der Waals surface area contributed by atoms with Crippen LogP contribution < -0.4 is 4.74 Å². The Morgan fingerprint density at radius 2 is 1.72 bits per heavy atom. The number of benzene rings is 2. The SMILES string of the molecule is CCOC(=O)c1sc(-c2ccc(OC)cc2)nc1-c1ccc(Cl)cc1. The van der Waals surface area contributed by atoms with Crippen molar-refractivity contribution in [3.05, 3.63) is 58.4 Å². The van der Waals surface area contributed by atoms with Gasteiger partial charge in [-0.1, -0.05) is 23.7 Å². The number of esters is 1. The highest BCUT2D eigenvalue weighted by atomic mass is 35.5. The molecule has 3 aromatic rings. The lowest BCUT2D eigenvalue weighted by molar-refractivity contribution is 0.0532. The van der Waals surface area contributed by atoms with Crippen molar-refractivity contribution in [1.29, 1.82) is 0 Å². The Hall–Kier alpha value is -2.37. The monoisotopic (exact) mass is 373 g/mol. The molecule has 2 aromatic carbocycles. The van der Waals surface area contributed by atoms with E-state index in [0.717, 1.165) is 21.9 Å². The van der Waals surface area contributed by atoms with Crippen LogP contribution in [0.1, 0.15) is 16.6 Å². The number of hydrogen-bond acceptors (Lipinski definition) is 5. The molecule has 0 radical (unpaired) electrons. The van der Waals surface area contributed by atoms with Gasteiger partial charge in [0.05, 0.1) is 19.4 Å². The van der Waals surface area contributed by atoms with Gasteiger partial charge in [0.25, 0.3) is 0 Å². The topological polar surface area (TPSA) is 48.4 Å². The van der Waals surface area contributed by atoms with E-state index in [2.05, 4.69) is 4.98 Å². The lowest BCUT2D eigenvalue weighted by atomic mass is 10.1. The normalized spacial score (nSPS) is 10.5. The summed E-state index contributed by atoms with van der Waals surface area (Å²) in [4.78, 5) is 17.5. The second-order valence-corrected chi connectivity index (χ2v) is 6.59. The van der Waals surface area contributed by atoms with Crippen molar-refractivity contribution in [1.82, 2.24) is 4.98 Å². The number of halogens is 1. The van der Waals surface area contributed by atoms with E-state index < -0.39 is 0 Å². The maximum atomic E-state index is 12.4. The summed E-state index contributed by atoms with van der Waals surface area (Å²) in [5.74, 6) is 0.397. The van der Waals surface area contributed by atoms with Crippen LogP contribution in [0.5, 0.6) is 5.75 Å². The average Bonchev–Trinajstić information content (AvgIpc) is 3.08. The van der Waals surface area contributed by atoms with Crippen LogP contribution in [0.2, 0.25) is 5.02 Å². The van der Waals surface area contributed by atoms with Gasteiger partial charge in [-0.05, 0) is 43.3 Å². The number of methoxy groups -OCH3 is 1. The molecule has 128 valence electrons. The molecule has 0 saturated carbocycles. The van der Waals surface area contributed by atoms with Crippen LogP contribution in [0.4, 0.5) is 0 Å². The van der Waals surface area contributed by atoms with Gasteiger partial charge in [-0.3, -0.25) is 0 Å². The van der Waals surface area contributed by atoms with Crippen molar-refractivity contribution >= 4 is 28.9 Å². The second-order valence-electron chi connectivity index (χ2n) is 5.15.